The second-order valence-corrected chi connectivity index (χ2v) is 7.56. The van der Waals surface area contributed by atoms with Crippen LogP contribution in [0.4, 0.5) is 5.69 Å². The zero-order valence-corrected chi connectivity index (χ0v) is 20.9. The Kier molecular flexibility index (Phi) is 9.31. The molecule has 4 rings (SSSR count). The van der Waals surface area contributed by atoms with Crippen molar-refractivity contribution in [2.75, 3.05) is 38.0 Å². The van der Waals surface area contributed by atoms with E-state index >= 15 is 0 Å². The van der Waals surface area contributed by atoms with Gasteiger partial charge in [-0.25, -0.2) is 4.99 Å². The molecule has 0 aliphatic carbocycles. The third-order valence-corrected chi connectivity index (χ3v) is 5.22. The van der Waals surface area contributed by atoms with E-state index in [-0.39, 0.29) is 35.6 Å². The second-order valence-electron chi connectivity index (χ2n) is 7.56. The van der Waals surface area contributed by atoms with Gasteiger partial charge >= 0.3 is 0 Å². The standard InChI is InChI=1S/C23H28N6O3.HI/c1-2-24-23(29-11-9-28(10-12-29)17-20-8-14-32-27-20)25-16-18-5-3-6-19(15-18)26-22(30)21-7-4-13-31-21;/h3-8,13-15H,2,9-12,16-17H2,1H3,(H,24,25)(H,26,30);1H. The average Bonchev–Trinajstić information content (AvgIpc) is 3.52. The molecule has 0 spiro atoms. The molecular weight excluding hydrogens is 535 g/mol. The third-order valence-electron chi connectivity index (χ3n) is 5.22. The van der Waals surface area contributed by atoms with Crippen LogP contribution in [0.15, 0.2) is 68.9 Å². The van der Waals surface area contributed by atoms with Crippen LogP contribution in [0.1, 0.15) is 28.7 Å². The van der Waals surface area contributed by atoms with Crippen LogP contribution in [-0.2, 0) is 13.1 Å². The van der Waals surface area contributed by atoms with E-state index in [0.717, 1.165) is 56.5 Å². The summed E-state index contributed by atoms with van der Waals surface area (Å²) >= 11 is 0. The minimum atomic E-state index is -0.271. The minimum Gasteiger partial charge on any atom is -0.459 e. The highest BCUT2D eigenvalue weighted by molar-refractivity contribution is 14.0. The monoisotopic (exact) mass is 564 g/mol. The average molecular weight is 564 g/mol. The van der Waals surface area contributed by atoms with Gasteiger partial charge in [0.25, 0.3) is 5.91 Å². The van der Waals surface area contributed by atoms with Crippen LogP contribution < -0.4 is 10.6 Å². The summed E-state index contributed by atoms with van der Waals surface area (Å²) < 4.78 is 10.1. The van der Waals surface area contributed by atoms with Gasteiger partial charge in [-0.15, -0.1) is 24.0 Å². The summed E-state index contributed by atoms with van der Waals surface area (Å²) in [4.78, 5) is 21.7. The Balaban J connectivity index is 0.00000306. The molecule has 2 aromatic heterocycles. The first-order valence-electron chi connectivity index (χ1n) is 10.8. The Labute approximate surface area is 210 Å². The number of rotatable bonds is 7. The maximum atomic E-state index is 12.2. The molecule has 0 atom stereocenters. The summed E-state index contributed by atoms with van der Waals surface area (Å²) in [7, 11) is 0. The predicted octanol–water partition coefficient (Wildman–Crippen LogP) is 3.42. The zero-order chi connectivity index (χ0) is 22.2. The van der Waals surface area contributed by atoms with Gasteiger partial charge in [-0.2, -0.15) is 0 Å². The van der Waals surface area contributed by atoms with Gasteiger partial charge in [0.1, 0.15) is 6.26 Å². The van der Waals surface area contributed by atoms with Crippen LogP contribution in [0.2, 0.25) is 0 Å². The topological polar surface area (TPSA) is 99.1 Å². The van der Waals surface area contributed by atoms with Crippen molar-refractivity contribution in [3.8, 4) is 0 Å². The first-order valence-corrected chi connectivity index (χ1v) is 10.8. The van der Waals surface area contributed by atoms with Crippen molar-refractivity contribution < 1.29 is 13.7 Å². The lowest BCUT2D eigenvalue weighted by molar-refractivity contribution is 0.0996. The SMILES string of the molecule is CCNC(=NCc1cccc(NC(=O)c2ccco2)c1)N1CCN(Cc2ccon2)CC1.I. The number of hydrogen-bond donors (Lipinski definition) is 2. The van der Waals surface area contributed by atoms with Crippen molar-refractivity contribution in [3.05, 3.63) is 72.0 Å². The number of nitrogens with zero attached hydrogens (tertiary/aromatic N) is 4. The summed E-state index contributed by atoms with van der Waals surface area (Å²) in [5.74, 6) is 0.914. The van der Waals surface area contributed by atoms with Crippen molar-refractivity contribution in [3.63, 3.8) is 0 Å². The molecule has 0 saturated carbocycles. The van der Waals surface area contributed by atoms with Crippen LogP contribution in [-0.4, -0.2) is 59.5 Å². The molecule has 10 heteroatoms. The summed E-state index contributed by atoms with van der Waals surface area (Å²) in [6, 6.07) is 12.9. The van der Waals surface area contributed by atoms with Gasteiger partial charge in [-0.3, -0.25) is 9.69 Å². The van der Waals surface area contributed by atoms with Crippen LogP contribution >= 0.6 is 24.0 Å². The van der Waals surface area contributed by atoms with Gasteiger partial charge in [0.05, 0.1) is 18.5 Å². The van der Waals surface area contributed by atoms with Crippen LogP contribution in [0.25, 0.3) is 0 Å². The first kappa shape index (κ1) is 24.8. The number of guanidine groups is 1. The summed E-state index contributed by atoms with van der Waals surface area (Å²) in [5.41, 5.74) is 2.69. The second kappa shape index (κ2) is 12.4. The molecular formula is C23H29IN6O3. The Morgan fingerprint density at radius 3 is 2.67 bits per heavy atom. The highest BCUT2D eigenvalue weighted by atomic mass is 127. The number of aliphatic imine (C=N–C) groups is 1. The lowest BCUT2D eigenvalue weighted by Crippen LogP contribution is -2.52. The Hall–Kier alpha value is -2.86. The van der Waals surface area contributed by atoms with E-state index in [1.54, 1.807) is 18.4 Å². The van der Waals surface area contributed by atoms with Gasteiger partial charge in [-0.05, 0) is 36.8 Å². The van der Waals surface area contributed by atoms with Crippen LogP contribution in [0.5, 0.6) is 0 Å². The third kappa shape index (κ3) is 7.06. The van der Waals surface area contributed by atoms with Crippen LogP contribution in [0, 0.1) is 0 Å². The van der Waals surface area contributed by atoms with Crippen molar-refractivity contribution >= 4 is 41.5 Å². The van der Waals surface area contributed by atoms with E-state index < -0.39 is 0 Å². The highest BCUT2D eigenvalue weighted by Gasteiger charge is 2.20. The fourth-order valence-corrected chi connectivity index (χ4v) is 3.61. The van der Waals surface area contributed by atoms with Crippen molar-refractivity contribution in [2.24, 2.45) is 4.99 Å². The number of amides is 1. The van der Waals surface area contributed by atoms with Gasteiger partial charge in [0.2, 0.25) is 0 Å². The molecule has 2 N–H and O–H groups in total. The molecule has 1 saturated heterocycles. The van der Waals surface area contributed by atoms with Crippen molar-refractivity contribution in [1.29, 1.82) is 0 Å². The lowest BCUT2D eigenvalue weighted by Gasteiger charge is -2.36. The summed E-state index contributed by atoms with van der Waals surface area (Å²) in [6.07, 6.45) is 3.09. The summed E-state index contributed by atoms with van der Waals surface area (Å²) in [5, 5.41) is 10.3. The Morgan fingerprint density at radius 2 is 1.97 bits per heavy atom. The highest BCUT2D eigenvalue weighted by Crippen LogP contribution is 2.14. The molecule has 0 bridgehead atoms. The number of carbonyl (C=O) groups is 1. The Bertz CT molecular complexity index is 1010. The van der Waals surface area contributed by atoms with E-state index in [2.05, 4.69) is 32.5 Å². The van der Waals surface area contributed by atoms with Gasteiger partial charge in [0, 0.05) is 51.0 Å². The lowest BCUT2D eigenvalue weighted by atomic mass is 10.2. The first-order chi connectivity index (χ1) is 15.7. The van der Waals surface area contributed by atoms with E-state index in [1.807, 2.05) is 30.3 Å². The smallest absolute Gasteiger partial charge is 0.291 e. The van der Waals surface area contributed by atoms with Crippen molar-refractivity contribution in [2.45, 2.75) is 20.0 Å². The van der Waals surface area contributed by atoms with E-state index in [1.165, 1.54) is 6.26 Å². The number of aromatic nitrogens is 1. The molecule has 9 nitrogen and oxygen atoms in total. The minimum absolute atomic E-state index is 0. The number of furan rings is 1. The fraction of sp³-hybridized carbons (Fsp3) is 0.348. The normalized spacial score (nSPS) is 14.6. The van der Waals surface area contributed by atoms with E-state index in [0.29, 0.717) is 12.2 Å². The van der Waals surface area contributed by atoms with Gasteiger partial charge in [0.15, 0.2) is 11.7 Å². The van der Waals surface area contributed by atoms with Gasteiger partial charge in [-0.1, -0.05) is 17.3 Å². The number of benzene rings is 1. The van der Waals surface area contributed by atoms with Crippen LogP contribution in [0.3, 0.4) is 0 Å². The van der Waals surface area contributed by atoms with E-state index in [9.17, 15) is 4.79 Å². The number of anilines is 1. The Morgan fingerprint density at radius 1 is 1.12 bits per heavy atom. The largest absolute Gasteiger partial charge is 0.459 e. The maximum Gasteiger partial charge on any atom is 0.291 e. The molecule has 33 heavy (non-hydrogen) atoms. The molecule has 0 unspecified atom stereocenters. The molecule has 1 amide bonds. The van der Waals surface area contributed by atoms with Gasteiger partial charge < -0.3 is 24.5 Å². The molecule has 176 valence electrons. The maximum absolute atomic E-state index is 12.2. The molecule has 1 aromatic carbocycles. The predicted molar refractivity (Wildman–Crippen MR) is 137 cm³/mol. The quantitative estimate of drug-likeness (QED) is 0.258. The number of nitrogens with one attached hydrogen (secondary N) is 2. The zero-order valence-electron chi connectivity index (χ0n) is 18.6. The van der Waals surface area contributed by atoms with E-state index in [4.69, 9.17) is 13.9 Å². The van der Waals surface area contributed by atoms with Crippen molar-refractivity contribution in [1.82, 2.24) is 20.3 Å². The number of hydrogen-bond acceptors (Lipinski definition) is 6. The number of carbonyl (C=O) groups excluding carboxylic acids is 1. The molecule has 3 aromatic rings. The summed E-state index contributed by atoms with van der Waals surface area (Å²) in [6.45, 7) is 7.85. The molecule has 1 fully saturated rings. The number of piperazine rings is 1. The molecule has 1 aliphatic rings. The molecule has 3 heterocycles. The fourth-order valence-electron chi connectivity index (χ4n) is 3.61. The number of halogens is 1. The molecule has 0 radical (unpaired) electrons. The molecule has 1 aliphatic heterocycles.